The highest BCUT2D eigenvalue weighted by Gasteiger charge is 2.32. The van der Waals surface area contributed by atoms with Gasteiger partial charge in [0.1, 0.15) is 5.82 Å². The van der Waals surface area contributed by atoms with Gasteiger partial charge in [-0.1, -0.05) is 0 Å². The Balaban J connectivity index is 1.19. The molecule has 2 N–H and O–H groups in total. The van der Waals surface area contributed by atoms with Gasteiger partial charge in [-0.25, -0.2) is 27.5 Å². The number of halogens is 1. The largest absolute Gasteiger partial charge is 0.423 e. The van der Waals surface area contributed by atoms with Gasteiger partial charge < -0.3 is 14.5 Å². The standard InChI is InChI=1S/C25H24FN5O6S/c26-22-11-20(38(27,35)36)1-2-21(22)23(32)29-8-5-19-15-31(10-6-18(19)13-29)25(34)37-24(33)30-9-4-16-12-28-7-3-17(16)14-30/h1-4,7,9,11-12H,5-6,8,10,13-15H2,(H2,27,35,36). The number of carbonyl (C=O) groups excluding carboxylic acids is 3. The van der Waals surface area contributed by atoms with Gasteiger partial charge in [-0.15, -0.1) is 0 Å². The summed E-state index contributed by atoms with van der Waals surface area (Å²) < 4.78 is 42.5. The number of aromatic nitrogens is 1. The first-order chi connectivity index (χ1) is 18.1. The summed E-state index contributed by atoms with van der Waals surface area (Å²) in [5.41, 5.74) is 3.47. The maximum absolute atomic E-state index is 14.5. The average molecular weight is 542 g/mol. The van der Waals surface area contributed by atoms with Crippen LogP contribution in [-0.2, 0) is 21.3 Å². The third kappa shape index (κ3) is 5.15. The van der Waals surface area contributed by atoms with Crippen molar-refractivity contribution in [3.63, 3.8) is 0 Å². The van der Waals surface area contributed by atoms with E-state index in [9.17, 15) is 27.2 Å². The third-order valence-electron chi connectivity index (χ3n) is 6.81. The predicted molar refractivity (Wildman–Crippen MR) is 132 cm³/mol. The van der Waals surface area contributed by atoms with Crippen LogP contribution < -0.4 is 5.14 Å². The molecule has 198 valence electrons. The van der Waals surface area contributed by atoms with Crippen LogP contribution in [0.5, 0.6) is 0 Å². The molecule has 3 aliphatic rings. The van der Waals surface area contributed by atoms with Gasteiger partial charge in [0.2, 0.25) is 10.0 Å². The number of pyridine rings is 1. The highest BCUT2D eigenvalue weighted by Crippen LogP contribution is 2.28. The molecule has 3 amide bonds. The molecule has 0 saturated carbocycles. The van der Waals surface area contributed by atoms with Crippen LogP contribution in [0.15, 0.2) is 58.9 Å². The van der Waals surface area contributed by atoms with Crippen LogP contribution >= 0.6 is 0 Å². The summed E-state index contributed by atoms with van der Waals surface area (Å²) >= 11 is 0. The van der Waals surface area contributed by atoms with Crippen molar-refractivity contribution in [2.24, 2.45) is 5.14 Å². The van der Waals surface area contributed by atoms with Gasteiger partial charge >= 0.3 is 12.2 Å². The smallest absolute Gasteiger partial charge is 0.359 e. The molecule has 5 rings (SSSR count). The second-order valence-corrected chi connectivity index (χ2v) is 10.8. The van der Waals surface area contributed by atoms with Crippen LogP contribution in [0, 0.1) is 5.82 Å². The number of carbonyl (C=O) groups is 3. The van der Waals surface area contributed by atoms with Gasteiger partial charge in [0.05, 0.1) is 17.0 Å². The van der Waals surface area contributed by atoms with Gasteiger partial charge in [-0.2, -0.15) is 0 Å². The summed E-state index contributed by atoms with van der Waals surface area (Å²) in [6.07, 6.45) is 6.02. The predicted octanol–water partition coefficient (Wildman–Crippen LogP) is 2.46. The first-order valence-corrected chi connectivity index (χ1v) is 13.3. The van der Waals surface area contributed by atoms with E-state index in [0.29, 0.717) is 25.9 Å². The van der Waals surface area contributed by atoms with Gasteiger partial charge in [-0.05, 0) is 65.5 Å². The maximum atomic E-state index is 14.5. The molecule has 0 radical (unpaired) electrons. The van der Waals surface area contributed by atoms with E-state index in [-0.39, 0.29) is 25.2 Å². The number of amides is 3. The van der Waals surface area contributed by atoms with Gasteiger partial charge in [0.25, 0.3) is 5.91 Å². The molecule has 1 aromatic carbocycles. The lowest BCUT2D eigenvalue weighted by molar-refractivity contribution is 0.0742. The summed E-state index contributed by atoms with van der Waals surface area (Å²) in [6, 6.07) is 4.74. The molecule has 38 heavy (non-hydrogen) atoms. The number of rotatable bonds is 2. The van der Waals surface area contributed by atoms with Crippen LogP contribution in [0.4, 0.5) is 14.0 Å². The lowest BCUT2D eigenvalue weighted by Gasteiger charge is -2.37. The molecule has 0 unspecified atom stereocenters. The second kappa shape index (κ2) is 9.99. The van der Waals surface area contributed by atoms with E-state index >= 15 is 0 Å². The minimum Gasteiger partial charge on any atom is -0.359 e. The fourth-order valence-corrected chi connectivity index (χ4v) is 5.22. The van der Waals surface area contributed by atoms with Crippen LogP contribution in [0.25, 0.3) is 6.08 Å². The molecular weight excluding hydrogens is 517 g/mol. The van der Waals surface area contributed by atoms with E-state index in [0.717, 1.165) is 40.5 Å². The summed E-state index contributed by atoms with van der Waals surface area (Å²) in [7, 11) is -4.09. The Morgan fingerprint density at radius 3 is 2.39 bits per heavy atom. The number of ether oxygens (including phenoxy) is 1. The Hall–Kier alpha value is -4.10. The Morgan fingerprint density at radius 1 is 0.974 bits per heavy atom. The second-order valence-electron chi connectivity index (χ2n) is 9.19. The van der Waals surface area contributed by atoms with E-state index in [4.69, 9.17) is 9.88 Å². The number of hydrogen-bond donors (Lipinski definition) is 1. The summed E-state index contributed by atoms with van der Waals surface area (Å²) in [6.45, 7) is 1.40. The van der Waals surface area contributed by atoms with Crippen molar-refractivity contribution in [1.82, 2.24) is 19.7 Å². The molecule has 1 aromatic heterocycles. The monoisotopic (exact) mass is 541 g/mol. The zero-order valence-corrected chi connectivity index (χ0v) is 21.0. The molecule has 2 aromatic rings. The molecule has 0 spiro atoms. The quantitative estimate of drug-likeness (QED) is 0.454. The lowest BCUT2D eigenvalue weighted by Crippen LogP contribution is -2.45. The SMILES string of the molecule is NS(=O)(=O)c1ccc(C(=O)N2CCC3=C(CCN(C(=O)OC(=O)N4C=Cc5cnccc5C4)C3)C2)c(F)c1. The molecule has 0 fully saturated rings. The van der Waals surface area contributed by atoms with Crippen LogP contribution in [0.1, 0.15) is 34.3 Å². The van der Waals surface area contributed by atoms with Crippen LogP contribution in [0.2, 0.25) is 0 Å². The number of nitrogens with two attached hydrogens (primary N) is 1. The minimum atomic E-state index is -4.09. The Kier molecular flexibility index (Phi) is 6.71. The number of benzene rings is 1. The van der Waals surface area contributed by atoms with Crippen molar-refractivity contribution in [1.29, 1.82) is 0 Å². The molecule has 3 aliphatic heterocycles. The topological polar surface area (TPSA) is 143 Å². The Labute approximate surface area is 218 Å². The molecule has 4 heterocycles. The highest BCUT2D eigenvalue weighted by molar-refractivity contribution is 7.89. The Morgan fingerprint density at radius 2 is 1.68 bits per heavy atom. The third-order valence-corrected chi connectivity index (χ3v) is 7.72. The molecule has 0 saturated heterocycles. The van der Waals surface area contributed by atoms with Crippen molar-refractivity contribution >= 4 is 34.2 Å². The van der Waals surface area contributed by atoms with Gasteiger partial charge in [0.15, 0.2) is 0 Å². The summed E-state index contributed by atoms with van der Waals surface area (Å²) in [5, 5.41) is 5.02. The number of fused-ring (bicyclic) bond motifs is 1. The van der Waals surface area contributed by atoms with E-state index in [1.54, 1.807) is 30.7 Å². The summed E-state index contributed by atoms with van der Waals surface area (Å²) in [5.74, 6) is -1.53. The average Bonchev–Trinajstić information content (AvgIpc) is 2.91. The van der Waals surface area contributed by atoms with E-state index in [2.05, 4.69) is 4.98 Å². The fourth-order valence-electron chi connectivity index (χ4n) is 4.70. The first kappa shape index (κ1) is 25.5. The normalized spacial score (nSPS) is 17.2. The van der Waals surface area contributed by atoms with Crippen LogP contribution in [-0.4, -0.2) is 72.4 Å². The zero-order chi connectivity index (χ0) is 27.0. The van der Waals surface area contributed by atoms with E-state index in [1.165, 1.54) is 14.7 Å². The van der Waals surface area contributed by atoms with Crippen molar-refractivity contribution in [3.8, 4) is 0 Å². The lowest BCUT2D eigenvalue weighted by atomic mass is 9.93. The molecular formula is C25H24FN5O6S. The van der Waals surface area contributed by atoms with E-state index in [1.807, 2.05) is 0 Å². The molecule has 13 heteroatoms. The number of primary sulfonamides is 1. The Bertz CT molecular complexity index is 1510. The van der Waals surface area contributed by atoms with Crippen molar-refractivity contribution in [2.45, 2.75) is 24.3 Å². The zero-order valence-electron chi connectivity index (χ0n) is 20.2. The number of nitrogens with zero attached hydrogens (tertiary/aromatic N) is 4. The molecule has 0 bridgehead atoms. The number of hydrogen-bond acceptors (Lipinski definition) is 7. The van der Waals surface area contributed by atoms with Crippen molar-refractivity contribution < 1.29 is 31.9 Å². The maximum Gasteiger partial charge on any atom is 0.423 e. The van der Waals surface area contributed by atoms with Crippen LogP contribution in [0.3, 0.4) is 0 Å². The fraction of sp³-hybridized carbons (Fsp3) is 0.280. The highest BCUT2D eigenvalue weighted by atomic mass is 32.2. The van der Waals surface area contributed by atoms with Crippen molar-refractivity contribution in [2.75, 3.05) is 26.2 Å². The van der Waals surface area contributed by atoms with Gasteiger partial charge in [0, 0.05) is 44.8 Å². The van der Waals surface area contributed by atoms with Gasteiger partial charge in [-0.3, -0.25) is 14.7 Å². The van der Waals surface area contributed by atoms with E-state index < -0.39 is 38.8 Å². The number of sulfonamides is 1. The molecule has 0 aliphatic carbocycles. The first-order valence-electron chi connectivity index (χ1n) is 11.8. The summed E-state index contributed by atoms with van der Waals surface area (Å²) in [4.78, 5) is 46.1. The molecule has 0 atom stereocenters. The molecule has 11 nitrogen and oxygen atoms in total. The van der Waals surface area contributed by atoms with Crippen molar-refractivity contribution in [3.05, 3.63) is 76.5 Å². The minimum absolute atomic E-state index is 0.244.